The summed E-state index contributed by atoms with van der Waals surface area (Å²) in [6, 6.07) is 1.16. The summed E-state index contributed by atoms with van der Waals surface area (Å²) in [5.74, 6) is -0.144. The summed E-state index contributed by atoms with van der Waals surface area (Å²) in [5, 5.41) is 12.2. The molecule has 1 aromatic rings. The van der Waals surface area contributed by atoms with Crippen molar-refractivity contribution in [2.24, 2.45) is 11.8 Å². The summed E-state index contributed by atoms with van der Waals surface area (Å²) in [6.07, 6.45) is 9.64. The molecule has 5 heteroatoms. The fourth-order valence-electron chi connectivity index (χ4n) is 2.99. The Morgan fingerprint density at radius 1 is 1.38 bits per heavy atom. The number of aromatic nitrogens is 1. The van der Waals surface area contributed by atoms with Crippen LogP contribution in [-0.4, -0.2) is 29.1 Å². The highest BCUT2D eigenvalue weighted by atomic mass is 19.1. The van der Waals surface area contributed by atoms with Crippen LogP contribution < -0.4 is 5.32 Å². The maximum absolute atomic E-state index is 13.0. The summed E-state index contributed by atoms with van der Waals surface area (Å²) < 4.78 is 13.0. The van der Waals surface area contributed by atoms with Gasteiger partial charge in [0.2, 0.25) is 0 Å². The fraction of sp³-hybridized carbons (Fsp3) is 0.625. The van der Waals surface area contributed by atoms with Gasteiger partial charge in [-0.25, -0.2) is 4.39 Å². The minimum absolute atomic E-state index is 0.0676. The lowest BCUT2D eigenvalue weighted by atomic mass is 9.83. The molecule has 0 radical (unpaired) electrons. The van der Waals surface area contributed by atoms with Gasteiger partial charge >= 0.3 is 0 Å². The highest BCUT2D eigenvalue weighted by Crippen LogP contribution is 2.28. The number of hydrogen-bond donors (Lipinski definition) is 2. The first-order valence-electron chi connectivity index (χ1n) is 7.68. The highest BCUT2D eigenvalue weighted by molar-refractivity contribution is 5.93. The van der Waals surface area contributed by atoms with Gasteiger partial charge in [0.25, 0.3) is 5.91 Å². The Kier molecular flexibility index (Phi) is 6.11. The Bertz CT molecular complexity index is 461. The van der Waals surface area contributed by atoms with E-state index in [1.54, 1.807) is 0 Å². The summed E-state index contributed by atoms with van der Waals surface area (Å²) in [4.78, 5) is 15.6. The predicted molar refractivity (Wildman–Crippen MR) is 78.3 cm³/mol. The molecule has 1 aliphatic carbocycles. The molecule has 1 heterocycles. The number of aliphatic hydroxyl groups excluding tert-OH is 1. The molecule has 0 spiro atoms. The standard InChI is InChI=1S/C16H23FN2O2/c17-15-7-14(9-18-10-15)16(21)19-8-13(11-20)6-12-4-2-1-3-5-12/h7,9-10,12-13,20H,1-6,8,11H2,(H,19,21)/t13-/m1/s1. The lowest BCUT2D eigenvalue weighted by molar-refractivity contribution is 0.0932. The van der Waals surface area contributed by atoms with Gasteiger partial charge in [-0.2, -0.15) is 0 Å². The first-order valence-corrected chi connectivity index (χ1v) is 7.68. The molecule has 1 atom stereocenters. The molecule has 0 saturated heterocycles. The molecule has 116 valence electrons. The molecule has 0 unspecified atom stereocenters. The van der Waals surface area contributed by atoms with Gasteiger partial charge < -0.3 is 10.4 Å². The molecule has 21 heavy (non-hydrogen) atoms. The monoisotopic (exact) mass is 294 g/mol. The molecule has 1 saturated carbocycles. The second-order valence-electron chi connectivity index (χ2n) is 5.89. The van der Waals surface area contributed by atoms with Gasteiger partial charge in [0, 0.05) is 19.3 Å². The van der Waals surface area contributed by atoms with Gasteiger partial charge in [0.15, 0.2) is 0 Å². The van der Waals surface area contributed by atoms with Crippen molar-refractivity contribution in [3.63, 3.8) is 0 Å². The van der Waals surface area contributed by atoms with Crippen LogP contribution in [0.2, 0.25) is 0 Å². The van der Waals surface area contributed by atoms with Gasteiger partial charge in [-0.3, -0.25) is 9.78 Å². The van der Waals surface area contributed by atoms with E-state index in [4.69, 9.17) is 0 Å². The molecule has 4 nitrogen and oxygen atoms in total. The second-order valence-corrected chi connectivity index (χ2v) is 5.89. The van der Waals surface area contributed by atoms with Crippen molar-refractivity contribution in [3.8, 4) is 0 Å². The van der Waals surface area contributed by atoms with Crippen LogP contribution in [0.15, 0.2) is 18.5 Å². The zero-order valence-electron chi connectivity index (χ0n) is 12.2. The number of hydrogen-bond acceptors (Lipinski definition) is 3. The Morgan fingerprint density at radius 2 is 2.14 bits per heavy atom. The topological polar surface area (TPSA) is 62.2 Å². The van der Waals surface area contributed by atoms with Gasteiger partial charge in [-0.1, -0.05) is 32.1 Å². The van der Waals surface area contributed by atoms with Crippen LogP contribution in [0.5, 0.6) is 0 Å². The number of halogens is 1. The van der Waals surface area contributed by atoms with E-state index in [-0.39, 0.29) is 24.0 Å². The minimum Gasteiger partial charge on any atom is -0.396 e. The van der Waals surface area contributed by atoms with E-state index in [1.807, 2.05) is 0 Å². The van der Waals surface area contributed by atoms with Crippen molar-refractivity contribution in [1.29, 1.82) is 0 Å². The average molecular weight is 294 g/mol. The van der Waals surface area contributed by atoms with E-state index in [0.717, 1.165) is 18.7 Å². The molecular weight excluding hydrogens is 271 g/mol. The molecule has 1 aliphatic rings. The second kappa shape index (κ2) is 8.08. The van der Waals surface area contributed by atoms with Gasteiger partial charge in [-0.15, -0.1) is 0 Å². The number of rotatable bonds is 6. The number of carbonyl (C=O) groups is 1. The lowest BCUT2D eigenvalue weighted by Crippen LogP contribution is -2.32. The first-order chi connectivity index (χ1) is 10.2. The third-order valence-electron chi connectivity index (χ3n) is 4.17. The third kappa shape index (κ3) is 5.08. The fourth-order valence-corrected chi connectivity index (χ4v) is 2.99. The number of amides is 1. The van der Waals surface area contributed by atoms with Crippen LogP contribution in [0.4, 0.5) is 4.39 Å². The Hall–Kier alpha value is -1.49. The van der Waals surface area contributed by atoms with E-state index in [1.165, 1.54) is 38.3 Å². The van der Waals surface area contributed by atoms with Gasteiger partial charge in [0.1, 0.15) is 5.82 Å². The zero-order chi connectivity index (χ0) is 15.1. The van der Waals surface area contributed by atoms with Crippen LogP contribution in [0, 0.1) is 17.7 Å². The first kappa shape index (κ1) is 15.9. The quantitative estimate of drug-likeness (QED) is 0.847. The number of nitrogens with zero attached hydrogens (tertiary/aromatic N) is 1. The number of aliphatic hydroxyl groups is 1. The Labute approximate surface area is 124 Å². The molecule has 1 amide bonds. The van der Waals surface area contributed by atoms with Crippen molar-refractivity contribution in [3.05, 3.63) is 29.8 Å². The molecule has 0 bridgehead atoms. The predicted octanol–water partition coefficient (Wildman–Crippen LogP) is 2.53. The third-order valence-corrected chi connectivity index (χ3v) is 4.17. The van der Waals surface area contributed by atoms with Crippen LogP contribution in [0.3, 0.4) is 0 Å². The molecule has 2 rings (SSSR count). The van der Waals surface area contributed by atoms with E-state index < -0.39 is 5.82 Å². The molecule has 1 fully saturated rings. The number of carbonyl (C=O) groups excluding carboxylic acids is 1. The molecular formula is C16H23FN2O2. The number of pyridine rings is 1. The summed E-state index contributed by atoms with van der Waals surface area (Å²) in [5.41, 5.74) is 0.212. The van der Waals surface area contributed by atoms with Gasteiger partial charge in [0.05, 0.1) is 11.8 Å². The van der Waals surface area contributed by atoms with Crippen LogP contribution in [-0.2, 0) is 0 Å². The largest absolute Gasteiger partial charge is 0.396 e. The number of nitrogens with one attached hydrogen (secondary N) is 1. The zero-order valence-corrected chi connectivity index (χ0v) is 12.2. The highest BCUT2D eigenvalue weighted by Gasteiger charge is 2.19. The van der Waals surface area contributed by atoms with Crippen molar-refractivity contribution >= 4 is 5.91 Å². The summed E-state index contributed by atoms with van der Waals surface area (Å²) >= 11 is 0. The minimum atomic E-state index is -0.524. The summed E-state index contributed by atoms with van der Waals surface area (Å²) in [6.45, 7) is 0.487. The molecule has 1 aromatic heterocycles. The van der Waals surface area contributed by atoms with Crippen LogP contribution >= 0.6 is 0 Å². The van der Waals surface area contributed by atoms with E-state index in [9.17, 15) is 14.3 Å². The maximum atomic E-state index is 13.0. The van der Waals surface area contributed by atoms with Crippen molar-refractivity contribution in [1.82, 2.24) is 10.3 Å². The SMILES string of the molecule is O=C(NC[C@H](CO)CC1CCCCC1)c1cncc(F)c1. The smallest absolute Gasteiger partial charge is 0.252 e. The normalized spacial score (nSPS) is 17.4. The van der Waals surface area contributed by atoms with Crippen LogP contribution in [0.1, 0.15) is 48.9 Å². The van der Waals surface area contributed by atoms with E-state index >= 15 is 0 Å². The molecule has 0 aliphatic heterocycles. The van der Waals surface area contributed by atoms with Crippen molar-refractivity contribution in [2.45, 2.75) is 38.5 Å². The lowest BCUT2D eigenvalue weighted by Gasteiger charge is -2.25. The maximum Gasteiger partial charge on any atom is 0.252 e. The van der Waals surface area contributed by atoms with Gasteiger partial charge in [-0.05, 0) is 24.3 Å². The molecule has 0 aromatic carbocycles. The summed E-state index contributed by atoms with van der Waals surface area (Å²) in [7, 11) is 0. The molecule has 2 N–H and O–H groups in total. The van der Waals surface area contributed by atoms with E-state index in [0.29, 0.717) is 12.5 Å². The van der Waals surface area contributed by atoms with Crippen molar-refractivity contribution in [2.75, 3.05) is 13.2 Å². The Morgan fingerprint density at radius 3 is 2.81 bits per heavy atom. The van der Waals surface area contributed by atoms with E-state index in [2.05, 4.69) is 10.3 Å². The Balaban J connectivity index is 1.80. The average Bonchev–Trinajstić information content (AvgIpc) is 2.52. The van der Waals surface area contributed by atoms with Crippen LogP contribution in [0.25, 0.3) is 0 Å². The van der Waals surface area contributed by atoms with Crippen molar-refractivity contribution < 1.29 is 14.3 Å².